The Bertz CT molecular complexity index is 602. The third kappa shape index (κ3) is 3.96. The Morgan fingerprint density at radius 3 is 2.73 bits per heavy atom. The van der Waals surface area contributed by atoms with Crippen molar-refractivity contribution in [3.05, 3.63) is 35.2 Å². The molecule has 0 bridgehead atoms. The molecule has 1 atom stereocenters. The first-order valence-electron chi connectivity index (χ1n) is 7.85. The van der Waals surface area contributed by atoms with E-state index in [9.17, 15) is 0 Å². The van der Waals surface area contributed by atoms with Gasteiger partial charge < -0.3 is 15.0 Å². The van der Waals surface area contributed by atoms with Crippen LogP contribution in [0.5, 0.6) is 0 Å². The number of nitrogens with zero attached hydrogens (tertiary/aromatic N) is 4. The van der Waals surface area contributed by atoms with Crippen molar-refractivity contribution < 1.29 is 5.11 Å². The number of aliphatic hydroxyl groups is 1. The maximum absolute atomic E-state index is 9.05. The van der Waals surface area contributed by atoms with Gasteiger partial charge in [0, 0.05) is 36.7 Å². The van der Waals surface area contributed by atoms with Gasteiger partial charge in [-0.25, -0.2) is 4.98 Å². The minimum atomic E-state index is 0.121. The van der Waals surface area contributed by atoms with Crippen molar-refractivity contribution in [3.63, 3.8) is 0 Å². The molecule has 2 aromatic rings. The van der Waals surface area contributed by atoms with E-state index in [2.05, 4.69) is 33.8 Å². The molecule has 0 aliphatic carbocycles. The second kappa shape index (κ2) is 7.56. The van der Waals surface area contributed by atoms with E-state index < -0.39 is 0 Å². The highest BCUT2D eigenvalue weighted by Gasteiger charge is 2.11. The van der Waals surface area contributed by atoms with E-state index in [1.54, 1.807) is 0 Å². The zero-order valence-electron chi connectivity index (χ0n) is 14.0. The number of rotatable bonds is 8. The quantitative estimate of drug-likeness (QED) is 0.774. The number of aryl methyl sites for hydroxylation is 2. The molecule has 2 N–H and O–H groups in total. The number of hydrogen-bond acceptors (Lipinski definition) is 4. The molecule has 0 spiro atoms. The maximum Gasteiger partial charge on any atom is 0.105 e. The Morgan fingerprint density at radius 2 is 2.09 bits per heavy atom. The van der Waals surface area contributed by atoms with Gasteiger partial charge >= 0.3 is 0 Å². The molecule has 2 aromatic heterocycles. The Hall–Kier alpha value is -1.66. The lowest BCUT2D eigenvalue weighted by Crippen LogP contribution is -2.24. The summed E-state index contributed by atoms with van der Waals surface area (Å²) in [6.07, 6.45) is 3.87. The lowest BCUT2D eigenvalue weighted by molar-refractivity contribution is 0.267. The molecule has 1 unspecified atom stereocenters. The van der Waals surface area contributed by atoms with E-state index in [4.69, 9.17) is 5.11 Å². The van der Waals surface area contributed by atoms with Crippen LogP contribution >= 0.6 is 0 Å². The smallest absolute Gasteiger partial charge is 0.105 e. The lowest BCUT2D eigenvalue weighted by atomic mass is 10.1. The molecule has 0 aliphatic rings. The zero-order valence-corrected chi connectivity index (χ0v) is 14.0. The molecule has 122 valence electrons. The van der Waals surface area contributed by atoms with Crippen molar-refractivity contribution in [1.82, 2.24) is 24.6 Å². The van der Waals surface area contributed by atoms with Crippen molar-refractivity contribution in [3.8, 4) is 0 Å². The molecule has 2 heterocycles. The van der Waals surface area contributed by atoms with Crippen molar-refractivity contribution in [2.75, 3.05) is 13.2 Å². The fourth-order valence-corrected chi connectivity index (χ4v) is 2.74. The van der Waals surface area contributed by atoms with Gasteiger partial charge in [0.15, 0.2) is 0 Å². The van der Waals surface area contributed by atoms with Crippen LogP contribution in [0.1, 0.15) is 29.7 Å². The number of imidazole rings is 1. The summed E-state index contributed by atoms with van der Waals surface area (Å²) in [6.45, 7) is 11.8. The SMILES string of the molecule is Cc1nn(CCO)c(C)c1CNCC(C)Cn1ccnc1C. The monoisotopic (exact) mass is 305 g/mol. The van der Waals surface area contributed by atoms with Gasteiger partial charge in [-0.3, -0.25) is 4.68 Å². The van der Waals surface area contributed by atoms with Crippen LogP contribution < -0.4 is 5.32 Å². The third-order valence-electron chi connectivity index (χ3n) is 4.07. The molecule has 6 nitrogen and oxygen atoms in total. The van der Waals surface area contributed by atoms with E-state index in [0.717, 1.165) is 36.8 Å². The van der Waals surface area contributed by atoms with E-state index in [0.29, 0.717) is 12.5 Å². The summed E-state index contributed by atoms with van der Waals surface area (Å²) in [5, 5.41) is 17.0. The van der Waals surface area contributed by atoms with Crippen LogP contribution in [0.3, 0.4) is 0 Å². The van der Waals surface area contributed by atoms with Gasteiger partial charge in [-0.1, -0.05) is 6.92 Å². The van der Waals surface area contributed by atoms with Gasteiger partial charge in [-0.05, 0) is 33.2 Å². The predicted octanol–water partition coefficient (Wildman–Crippen LogP) is 1.42. The summed E-state index contributed by atoms with van der Waals surface area (Å²) in [5.74, 6) is 1.59. The number of nitrogens with one attached hydrogen (secondary N) is 1. The average Bonchev–Trinajstić information content (AvgIpc) is 2.98. The number of hydrogen-bond donors (Lipinski definition) is 2. The molecule has 0 amide bonds. The summed E-state index contributed by atoms with van der Waals surface area (Å²) in [6, 6.07) is 0. The van der Waals surface area contributed by atoms with Crippen molar-refractivity contribution in [2.24, 2.45) is 5.92 Å². The first-order valence-corrected chi connectivity index (χ1v) is 7.85. The fourth-order valence-electron chi connectivity index (χ4n) is 2.74. The Balaban J connectivity index is 1.84. The fraction of sp³-hybridized carbons (Fsp3) is 0.625. The van der Waals surface area contributed by atoms with Gasteiger partial charge in [0.2, 0.25) is 0 Å². The van der Waals surface area contributed by atoms with Gasteiger partial charge in [-0.15, -0.1) is 0 Å². The molecule has 0 saturated heterocycles. The summed E-state index contributed by atoms with van der Waals surface area (Å²) in [7, 11) is 0. The molecule has 6 heteroatoms. The predicted molar refractivity (Wildman–Crippen MR) is 86.6 cm³/mol. The lowest BCUT2D eigenvalue weighted by Gasteiger charge is -2.14. The van der Waals surface area contributed by atoms with E-state index in [-0.39, 0.29) is 6.61 Å². The minimum absolute atomic E-state index is 0.121. The van der Waals surface area contributed by atoms with Crippen LogP contribution in [0.2, 0.25) is 0 Å². The summed E-state index contributed by atoms with van der Waals surface area (Å²) in [4.78, 5) is 4.25. The van der Waals surface area contributed by atoms with Crippen LogP contribution in [-0.2, 0) is 19.6 Å². The van der Waals surface area contributed by atoms with Crippen molar-refractivity contribution in [2.45, 2.75) is 47.3 Å². The Kier molecular flexibility index (Phi) is 5.74. The highest BCUT2D eigenvalue weighted by Crippen LogP contribution is 2.13. The molecule has 0 aromatic carbocycles. The van der Waals surface area contributed by atoms with Crippen molar-refractivity contribution >= 4 is 0 Å². The highest BCUT2D eigenvalue weighted by atomic mass is 16.3. The molecule has 0 saturated carbocycles. The Morgan fingerprint density at radius 1 is 1.32 bits per heavy atom. The largest absolute Gasteiger partial charge is 0.394 e. The Labute approximate surface area is 132 Å². The van der Waals surface area contributed by atoms with Gasteiger partial charge in [0.1, 0.15) is 5.82 Å². The summed E-state index contributed by atoms with van der Waals surface area (Å²) < 4.78 is 4.06. The molecule has 22 heavy (non-hydrogen) atoms. The standard InChI is InChI=1S/C16H27N5O/c1-12(11-20-6-5-18-15(20)4)9-17-10-16-13(2)19-21(7-8-22)14(16)3/h5-6,12,17,22H,7-11H2,1-4H3. The normalized spacial score (nSPS) is 12.8. The van der Waals surface area contributed by atoms with Gasteiger partial charge in [0.05, 0.1) is 18.8 Å². The van der Waals surface area contributed by atoms with Crippen LogP contribution in [-0.4, -0.2) is 37.6 Å². The molecule has 0 aliphatic heterocycles. The van der Waals surface area contributed by atoms with Gasteiger partial charge in [-0.2, -0.15) is 5.10 Å². The van der Waals surface area contributed by atoms with Crippen molar-refractivity contribution in [1.29, 1.82) is 0 Å². The van der Waals surface area contributed by atoms with Crippen LogP contribution in [0.15, 0.2) is 12.4 Å². The minimum Gasteiger partial charge on any atom is -0.394 e. The van der Waals surface area contributed by atoms with E-state index in [1.807, 2.05) is 30.9 Å². The van der Waals surface area contributed by atoms with E-state index in [1.165, 1.54) is 5.56 Å². The molecule has 0 radical (unpaired) electrons. The number of aliphatic hydroxyl groups excluding tert-OH is 1. The third-order valence-corrected chi connectivity index (χ3v) is 4.07. The highest BCUT2D eigenvalue weighted by molar-refractivity contribution is 5.24. The zero-order chi connectivity index (χ0) is 16.1. The second-order valence-electron chi connectivity index (χ2n) is 5.96. The van der Waals surface area contributed by atoms with Crippen LogP contribution in [0, 0.1) is 26.7 Å². The average molecular weight is 305 g/mol. The summed E-state index contributed by atoms with van der Waals surface area (Å²) in [5.41, 5.74) is 3.41. The number of aromatic nitrogens is 4. The second-order valence-corrected chi connectivity index (χ2v) is 5.96. The first kappa shape index (κ1) is 16.7. The summed E-state index contributed by atoms with van der Waals surface area (Å²) >= 11 is 0. The topological polar surface area (TPSA) is 67.9 Å². The molecule has 2 rings (SSSR count). The first-order chi connectivity index (χ1) is 10.5. The van der Waals surface area contributed by atoms with Crippen LogP contribution in [0.25, 0.3) is 0 Å². The molecular formula is C16H27N5O. The molecular weight excluding hydrogens is 278 g/mol. The van der Waals surface area contributed by atoms with E-state index >= 15 is 0 Å². The molecule has 0 fully saturated rings. The van der Waals surface area contributed by atoms with Gasteiger partial charge in [0.25, 0.3) is 0 Å². The maximum atomic E-state index is 9.05. The van der Waals surface area contributed by atoms with Crippen LogP contribution in [0.4, 0.5) is 0 Å².